The molecule has 1 aromatic rings. The first-order chi connectivity index (χ1) is 7.94. The molecular weight excluding hydrogens is 274 g/mol. The number of hydrogen-bond donors (Lipinski definition) is 1. The van der Waals surface area contributed by atoms with Crippen LogP contribution in [0.4, 0.5) is 0 Å². The first kappa shape index (κ1) is 13.1. The number of rotatable bonds is 2. The van der Waals surface area contributed by atoms with E-state index in [1.165, 1.54) is 46.8 Å². The van der Waals surface area contributed by atoms with Crippen molar-refractivity contribution in [1.29, 1.82) is 0 Å². The summed E-state index contributed by atoms with van der Waals surface area (Å²) in [4.78, 5) is 0. The van der Waals surface area contributed by atoms with E-state index in [1.807, 2.05) is 0 Å². The average Bonchev–Trinajstić information content (AvgIpc) is 2.71. The van der Waals surface area contributed by atoms with Crippen LogP contribution in [0.15, 0.2) is 16.6 Å². The molecule has 2 heteroatoms. The summed E-state index contributed by atoms with van der Waals surface area (Å²) >= 11 is 3.59. The Hall–Kier alpha value is -0.340. The van der Waals surface area contributed by atoms with Crippen LogP contribution in [0, 0.1) is 19.3 Å². The van der Waals surface area contributed by atoms with Gasteiger partial charge in [0.15, 0.2) is 0 Å². The fourth-order valence-electron chi connectivity index (χ4n) is 3.01. The Labute approximate surface area is 113 Å². The fraction of sp³-hybridized carbons (Fsp3) is 0.600. The van der Waals surface area contributed by atoms with Crippen LogP contribution in [0.1, 0.15) is 55.3 Å². The van der Waals surface area contributed by atoms with E-state index in [2.05, 4.69) is 48.8 Å². The third-order valence-corrected chi connectivity index (χ3v) is 5.23. The summed E-state index contributed by atoms with van der Waals surface area (Å²) in [6, 6.07) is 4.63. The molecule has 0 radical (unpaired) electrons. The third-order valence-electron chi connectivity index (χ3n) is 4.38. The van der Waals surface area contributed by atoms with Gasteiger partial charge in [0.25, 0.3) is 0 Å². The van der Waals surface area contributed by atoms with Gasteiger partial charge < -0.3 is 5.73 Å². The smallest absolute Gasteiger partial charge is 0.0352 e. The van der Waals surface area contributed by atoms with Gasteiger partial charge in [-0.05, 0) is 54.9 Å². The average molecular weight is 296 g/mol. The lowest BCUT2D eigenvalue weighted by Gasteiger charge is -2.32. The van der Waals surface area contributed by atoms with Crippen molar-refractivity contribution in [3.8, 4) is 0 Å². The highest BCUT2D eigenvalue weighted by Gasteiger charge is 2.36. The van der Waals surface area contributed by atoms with Crippen molar-refractivity contribution in [2.45, 2.75) is 52.5 Å². The molecule has 2 N–H and O–H groups in total. The van der Waals surface area contributed by atoms with E-state index in [1.54, 1.807) is 0 Å². The van der Waals surface area contributed by atoms with Crippen molar-refractivity contribution in [1.82, 2.24) is 0 Å². The summed E-state index contributed by atoms with van der Waals surface area (Å²) in [6.07, 6.45) is 5.20. The largest absolute Gasteiger partial charge is 0.323 e. The molecule has 0 amide bonds. The Balaban J connectivity index is 2.36. The topological polar surface area (TPSA) is 26.0 Å². The van der Waals surface area contributed by atoms with Gasteiger partial charge >= 0.3 is 0 Å². The lowest BCUT2D eigenvalue weighted by Crippen LogP contribution is -2.30. The SMILES string of the molecule is Cc1cc(C(N)C2(C)CCCC2)c(C)cc1Br. The Morgan fingerprint density at radius 2 is 1.76 bits per heavy atom. The van der Waals surface area contributed by atoms with Gasteiger partial charge in [0.2, 0.25) is 0 Å². The zero-order chi connectivity index (χ0) is 12.6. The molecule has 0 bridgehead atoms. The second-order valence-corrected chi connectivity index (χ2v) is 6.65. The minimum Gasteiger partial charge on any atom is -0.323 e. The number of halogens is 1. The molecule has 1 aliphatic carbocycles. The number of nitrogens with two attached hydrogens (primary N) is 1. The fourth-order valence-corrected chi connectivity index (χ4v) is 3.47. The van der Waals surface area contributed by atoms with Crippen LogP contribution in [-0.2, 0) is 0 Å². The Morgan fingerprint density at radius 3 is 2.35 bits per heavy atom. The maximum absolute atomic E-state index is 6.54. The van der Waals surface area contributed by atoms with Crippen molar-refractivity contribution >= 4 is 15.9 Å². The van der Waals surface area contributed by atoms with Crippen molar-refractivity contribution in [3.05, 3.63) is 33.3 Å². The molecule has 1 atom stereocenters. The minimum atomic E-state index is 0.178. The zero-order valence-electron chi connectivity index (χ0n) is 11.0. The number of hydrogen-bond acceptors (Lipinski definition) is 1. The molecule has 1 aromatic carbocycles. The Morgan fingerprint density at radius 1 is 1.18 bits per heavy atom. The van der Waals surface area contributed by atoms with Crippen LogP contribution in [0.25, 0.3) is 0 Å². The van der Waals surface area contributed by atoms with Gasteiger partial charge in [-0.15, -0.1) is 0 Å². The maximum atomic E-state index is 6.54. The number of aryl methyl sites for hydroxylation is 2. The summed E-state index contributed by atoms with van der Waals surface area (Å²) in [6.45, 7) is 6.65. The quantitative estimate of drug-likeness (QED) is 0.845. The Bertz CT molecular complexity index is 419. The molecule has 0 aliphatic heterocycles. The molecule has 1 fully saturated rings. The van der Waals surface area contributed by atoms with Gasteiger partial charge in [-0.1, -0.05) is 41.8 Å². The van der Waals surface area contributed by atoms with E-state index < -0.39 is 0 Å². The summed E-state index contributed by atoms with van der Waals surface area (Å²) in [7, 11) is 0. The second-order valence-electron chi connectivity index (χ2n) is 5.80. The van der Waals surface area contributed by atoms with E-state index >= 15 is 0 Å². The van der Waals surface area contributed by atoms with Gasteiger partial charge in [0, 0.05) is 10.5 Å². The molecule has 0 heterocycles. The first-order valence-corrected chi connectivity index (χ1v) is 7.25. The monoisotopic (exact) mass is 295 g/mol. The van der Waals surface area contributed by atoms with Gasteiger partial charge in [-0.2, -0.15) is 0 Å². The van der Waals surface area contributed by atoms with Gasteiger partial charge in [0.1, 0.15) is 0 Å². The zero-order valence-corrected chi connectivity index (χ0v) is 12.6. The molecule has 1 aliphatic rings. The number of benzene rings is 1. The van der Waals surface area contributed by atoms with E-state index in [-0.39, 0.29) is 6.04 Å². The third kappa shape index (κ3) is 2.43. The first-order valence-electron chi connectivity index (χ1n) is 6.46. The van der Waals surface area contributed by atoms with Gasteiger partial charge in [0.05, 0.1) is 0 Å². The minimum absolute atomic E-state index is 0.178. The van der Waals surface area contributed by atoms with E-state index in [4.69, 9.17) is 5.73 Å². The van der Waals surface area contributed by atoms with Crippen LogP contribution in [0.2, 0.25) is 0 Å². The highest BCUT2D eigenvalue weighted by atomic mass is 79.9. The van der Waals surface area contributed by atoms with Crippen molar-refractivity contribution in [3.63, 3.8) is 0 Å². The predicted octanol–water partition coefficient (Wildman–Crippen LogP) is 4.65. The lowest BCUT2D eigenvalue weighted by atomic mass is 9.76. The van der Waals surface area contributed by atoms with Crippen LogP contribution in [-0.4, -0.2) is 0 Å². The highest BCUT2D eigenvalue weighted by Crippen LogP contribution is 2.46. The second kappa shape index (κ2) is 4.74. The summed E-state index contributed by atoms with van der Waals surface area (Å²) in [5, 5.41) is 0. The van der Waals surface area contributed by atoms with Crippen LogP contribution in [0.5, 0.6) is 0 Å². The van der Waals surface area contributed by atoms with Crippen molar-refractivity contribution in [2.24, 2.45) is 11.1 Å². The van der Waals surface area contributed by atoms with Crippen molar-refractivity contribution < 1.29 is 0 Å². The van der Waals surface area contributed by atoms with Crippen molar-refractivity contribution in [2.75, 3.05) is 0 Å². The molecule has 1 unspecified atom stereocenters. The molecule has 0 aromatic heterocycles. The van der Waals surface area contributed by atoms with E-state index in [0.717, 1.165) is 0 Å². The Kier molecular flexibility index (Phi) is 3.65. The van der Waals surface area contributed by atoms with Crippen LogP contribution < -0.4 is 5.73 Å². The summed E-state index contributed by atoms with van der Waals surface area (Å²) in [5.41, 5.74) is 10.8. The van der Waals surface area contributed by atoms with E-state index in [0.29, 0.717) is 5.41 Å². The van der Waals surface area contributed by atoms with Gasteiger partial charge in [-0.25, -0.2) is 0 Å². The molecule has 2 rings (SSSR count). The molecular formula is C15H22BrN. The van der Waals surface area contributed by atoms with Gasteiger partial charge in [-0.3, -0.25) is 0 Å². The van der Waals surface area contributed by atoms with Crippen LogP contribution >= 0.6 is 15.9 Å². The van der Waals surface area contributed by atoms with Crippen LogP contribution in [0.3, 0.4) is 0 Å². The normalized spacial score (nSPS) is 20.5. The highest BCUT2D eigenvalue weighted by molar-refractivity contribution is 9.10. The summed E-state index contributed by atoms with van der Waals surface area (Å²) < 4.78 is 1.18. The van der Waals surface area contributed by atoms with E-state index in [9.17, 15) is 0 Å². The lowest BCUT2D eigenvalue weighted by molar-refractivity contribution is 0.264. The predicted molar refractivity (Wildman–Crippen MR) is 77.1 cm³/mol. The summed E-state index contributed by atoms with van der Waals surface area (Å²) in [5.74, 6) is 0. The molecule has 0 spiro atoms. The molecule has 94 valence electrons. The molecule has 1 nitrogen and oxygen atoms in total. The molecule has 1 saturated carbocycles. The standard InChI is InChI=1S/C15H22BrN/c1-10-9-13(16)11(2)8-12(10)14(17)15(3)6-4-5-7-15/h8-9,14H,4-7,17H2,1-3H3. The molecule has 0 saturated heterocycles. The molecule has 17 heavy (non-hydrogen) atoms. The maximum Gasteiger partial charge on any atom is 0.0352 e.